The number of aryl methyl sites for hydroxylation is 1. The van der Waals surface area contributed by atoms with Gasteiger partial charge < -0.3 is 9.73 Å². The van der Waals surface area contributed by atoms with Crippen molar-refractivity contribution < 1.29 is 17.6 Å². The van der Waals surface area contributed by atoms with Crippen LogP contribution in [0.5, 0.6) is 0 Å². The Morgan fingerprint density at radius 2 is 2.25 bits per heavy atom. The van der Waals surface area contributed by atoms with Gasteiger partial charge in [-0.05, 0) is 37.0 Å². The van der Waals surface area contributed by atoms with E-state index in [9.17, 15) is 13.2 Å². The van der Waals surface area contributed by atoms with Gasteiger partial charge in [0.15, 0.2) is 21.3 Å². The highest BCUT2D eigenvalue weighted by Gasteiger charge is 2.28. The van der Waals surface area contributed by atoms with Gasteiger partial charge in [0, 0.05) is 18.5 Å². The van der Waals surface area contributed by atoms with E-state index in [0.717, 1.165) is 19.3 Å². The fraction of sp³-hybridized carbons (Fsp3) is 0.529. The maximum absolute atomic E-state index is 12.3. The van der Waals surface area contributed by atoms with E-state index in [1.54, 1.807) is 18.2 Å². The van der Waals surface area contributed by atoms with Crippen LogP contribution in [0.4, 0.5) is 0 Å². The van der Waals surface area contributed by atoms with Crippen LogP contribution in [0.1, 0.15) is 42.4 Å². The van der Waals surface area contributed by atoms with E-state index in [0.29, 0.717) is 35.5 Å². The fourth-order valence-corrected chi connectivity index (χ4v) is 4.79. The molecule has 1 fully saturated rings. The predicted molar refractivity (Wildman–Crippen MR) is 91.7 cm³/mol. The third kappa shape index (κ3) is 3.95. The Morgan fingerprint density at radius 3 is 2.96 bits per heavy atom. The number of fused-ring (bicyclic) bond motifs is 1. The van der Waals surface area contributed by atoms with Gasteiger partial charge in [-0.3, -0.25) is 4.79 Å². The fourth-order valence-electron chi connectivity index (χ4n) is 2.92. The van der Waals surface area contributed by atoms with Crippen molar-refractivity contribution in [1.82, 2.24) is 10.3 Å². The summed E-state index contributed by atoms with van der Waals surface area (Å²) in [5, 5.41) is 2.82. The molecule has 0 bridgehead atoms. The number of hydrogen-bond donors (Lipinski definition) is 1. The SMILES string of the molecule is CCCCc1nc2cc(C(=O)NC[C@@H]3CCS(=O)(=O)C3)ccc2o1. The van der Waals surface area contributed by atoms with Gasteiger partial charge in [-0.25, -0.2) is 13.4 Å². The third-order valence-electron chi connectivity index (χ3n) is 4.32. The van der Waals surface area contributed by atoms with Crippen molar-refractivity contribution in [3.05, 3.63) is 29.7 Å². The Labute approximate surface area is 141 Å². The number of oxazole rings is 1. The minimum atomic E-state index is -2.92. The largest absolute Gasteiger partial charge is 0.441 e. The zero-order valence-electron chi connectivity index (χ0n) is 13.7. The van der Waals surface area contributed by atoms with Crippen molar-refractivity contribution >= 4 is 26.8 Å². The molecule has 1 saturated heterocycles. The van der Waals surface area contributed by atoms with Crippen molar-refractivity contribution in [3.8, 4) is 0 Å². The van der Waals surface area contributed by atoms with Crippen LogP contribution in [0, 0.1) is 5.92 Å². The molecule has 130 valence electrons. The molecule has 3 rings (SSSR count). The molecule has 1 aromatic carbocycles. The second kappa shape index (κ2) is 6.93. The number of aromatic nitrogens is 1. The van der Waals surface area contributed by atoms with Gasteiger partial charge in [0.05, 0.1) is 11.5 Å². The molecule has 0 radical (unpaired) electrons. The van der Waals surface area contributed by atoms with Gasteiger partial charge in [-0.15, -0.1) is 0 Å². The maximum Gasteiger partial charge on any atom is 0.251 e. The number of hydrogen-bond acceptors (Lipinski definition) is 5. The molecule has 0 spiro atoms. The molecule has 1 aromatic heterocycles. The number of rotatable bonds is 6. The summed E-state index contributed by atoms with van der Waals surface area (Å²) < 4.78 is 28.6. The Hall–Kier alpha value is -1.89. The number of unbranched alkanes of at least 4 members (excludes halogenated alkanes) is 1. The number of benzene rings is 1. The third-order valence-corrected chi connectivity index (χ3v) is 6.15. The van der Waals surface area contributed by atoms with Gasteiger partial charge in [-0.2, -0.15) is 0 Å². The van der Waals surface area contributed by atoms with Gasteiger partial charge >= 0.3 is 0 Å². The van der Waals surface area contributed by atoms with Crippen molar-refractivity contribution in [1.29, 1.82) is 0 Å². The number of nitrogens with zero attached hydrogens (tertiary/aromatic N) is 1. The van der Waals surface area contributed by atoms with E-state index in [1.807, 2.05) is 0 Å². The van der Waals surface area contributed by atoms with Crippen LogP contribution >= 0.6 is 0 Å². The smallest absolute Gasteiger partial charge is 0.251 e. The normalized spacial score (nSPS) is 19.6. The highest BCUT2D eigenvalue weighted by atomic mass is 32.2. The zero-order chi connectivity index (χ0) is 17.2. The molecule has 0 unspecified atom stereocenters. The molecule has 7 heteroatoms. The average molecular weight is 350 g/mol. The lowest BCUT2D eigenvalue weighted by molar-refractivity contribution is 0.0948. The first kappa shape index (κ1) is 17.0. The Morgan fingerprint density at radius 1 is 1.42 bits per heavy atom. The standard InChI is InChI=1S/C17H22N2O4S/c1-2-3-4-16-19-14-9-13(5-6-15(14)23-16)17(20)18-10-12-7-8-24(21,22)11-12/h5-6,9,12H,2-4,7-8,10-11H2,1H3,(H,18,20)/t12-/m0/s1. The first-order valence-corrected chi connectivity index (χ1v) is 10.2. The van der Waals surface area contributed by atoms with Gasteiger partial charge in [0.25, 0.3) is 5.91 Å². The van der Waals surface area contributed by atoms with E-state index in [1.165, 1.54) is 0 Å². The lowest BCUT2D eigenvalue weighted by Gasteiger charge is -2.09. The van der Waals surface area contributed by atoms with E-state index in [2.05, 4.69) is 17.2 Å². The highest BCUT2D eigenvalue weighted by Crippen LogP contribution is 2.20. The summed E-state index contributed by atoms with van der Waals surface area (Å²) in [5.74, 6) is 0.880. The summed E-state index contributed by atoms with van der Waals surface area (Å²) in [6.07, 6.45) is 3.50. The molecule has 0 saturated carbocycles. The first-order chi connectivity index (χ1) is 11.5. The molecule has 6 nitrogen and oxygen atoms in total. The number of nitrogens with one attached hydrogen (secondary N) is 1. The first-order valence-electron chi connectivity index (χ1n) is 8.35. The molecular formula is C17H22N2O4S. The Balaban J connectivity index is 1.64. The van der Waals surface area contributed by atoms with E-state index in [-0.39, 0.29) is 23.3 Å². The van der Waals surface area contributed by atoms with E-state index >= 15 is 0 Å². The Bertz CT molecular complexity index is 841. The lowest BCUT2D eigenvalue weighted by Crippen LogP contribution is -2.29. The van der Waals surface area contributed by atoms with Gasteiger partial charge in [0.1, 0.15) is 5.52 Å². The van der Waals surface area contributed by atoms with Crippen molar-refractivity contribution in [2.24, 2.45) is 5.92 Å². The van der Waals surface area contributed by atoms with Crippen LogP contribution < -0.4 is 5.32 Å². The monoisotopic (exact) mass is 350 g/mol. The molecule has 2 aromatic rings. The minimum Gasteiger partial charge on any atom is -0.441 e. The number of amides is 1. The lowest BCUT2D eigenvalue weighted by atomic mass is 10.1. The molecule has 1 N–H and O–H groups in total. The van der Waals surface area contributed by atoms with Crippen LogP contribution in [-0.2, 0) is 16.3 Å². The average Bonchev–Trinajstić information content (AvgIpc) is 3.12. The topological polar surface area (TPSA) is 89.3 Å². The van der Waals surface area contributed by atoms with Gasteiger partial charge in [0.2, 0.25) is 0 Å². The number of carbonyl (C=O) groups excluding carboxylic acids is 1. The van der Waals surface area contributed by atoms with Crippen molar-refractivity contribution in [3.63, 3.8) is 0 Å². The van der Waals surface area contributed by atoms with Crippen molar-refractivity contribution in [2.45, 2.75) is 32.6 Å². The molecule has 1 atom stereocenters. The highest BCUT2D eigenvalue weighted by molar-refractivity contribution is 7.91. The predicted octanol–water partition coefficient (Wildman–Crippen LogP) is 2.33. The molecule has 1 amide bonds. The second-order valence-corrected chi connectivity index (χ2v) is 8.60. The second-order valence-electron chi connectivity index (χ2n) is 6.37. The molecule has 24 heavy (non-hydrogen) atoms. The number of sulfone groups is 1. The summed E-state index contributed by atoms with van der Waals surface area (Å²) in [7, 11) is -2.92. The van der Waals surface area contributed by atoms with Crippen LogP contribution in [0.2, 0.25) is 0 Å². The quantitative estimate of drug-likeness (QED) is 0.864. The summed E-state index contributed by atoms with van der Waals surface area (Å²) in [6.45, 7) is 2.50. The van der Waals surface area contributed by atoms with Gasteiger partial charge in [-0.1, -0.05) is 13.3 Å². The molecule has 0 aliphatic carbocycles. The van der Waals surface area contributed by atoms with Crippen molar-refractivity contribution in [2.75, 3.05) is 18.1 Å². The van der Waals surface area contributed by atoms with E-state index in [4.69, 9.17) is 4.42 Å². The van der Waals surface area contributed by atoms with Crippen LogP contribution in [0.15, 0.2) is 22.6 Å². The minimum absolute atomic E-state index is 0.00961. The van der Waals surface area contributed by atoms with Crippen LogP contribution in [0.25, 0.3) is 11.1 Å². The Kier molecular flexibility index (Phi) is 4.89. The number of carbonyl (C=O) groups is 1. The summed E-state index contributed by atoms with van der Waals surface area (Å²) in [6, 6.07) is 5.18. The van der Waals surface area contributed by atoms with E-state index < -0.39 is 9.84 Å². The summed E-state index contributed by atoms with van der Waals surface area (Å²) in [4.78, 5) is 16.7. The molecule has 2 heterocycles. The molecule has 1 aliphatic heterocycles. The zero-order valence-corrected chi connectivity index (χ0v) is 14.6. The van der Waals surface area contributed by atoms with Crippen LogP contribution in [0.3, 0.4) is 0 Å². The maximum atomic E-state index is 12.3. The van der Waals surface area contributed by atoms with Crippen LogP contribution in [-0.4, -0.2) is 37.4 Å². The summed E-state index contributed by atoms with van der Waals surface area (Å²) in [5.41, 5.74) is 1.87. The molecule has 1 aliphatic rings. The summed E-state index contributed by atoms with van der Waals surface area (Å²) >= 11 is 0. The molecular weight excluding hydrogens is 328 g/mol.